The van der Waals surface area contributed by atoms with E-state index in [-0.39, 0.29) is 21.8 Å². The average molecular weight is 317 g/mol. The van der Waals surface area contributed by atoms with Crippen LogP contribution in [0.2, 0.25) is 0 Å². The Bertz CT molecular complexity index is 609. The first-order valence-electron chi connectivity index (χ1n) is 5.98. The zero-order valence-electron chi connectivity index (χ0n) is 11.9. The first-order valence-corrected chi connectivity index (χ1v) is 8.68. The molecule has 7 heteroatoms. The highest BCUT2D eigenvalue weighted by Crippen LogP contribution is 2.22. The van der Waals surface area contributed by atoms with E-state index in [1.165, 1.54) is 18.2 Å². The summed E-state index contributed by atoms with van der Waals surface area (Å²) in [6.07, 6.45) is 1.91. The van der Waals surface area contributed by atoms with Gasteiger partial charge in [-0.1, -0.05) is 6.07 Å². The Morgan fingerprint density at radius 3 is 2.50 bits per heavy atom. The van der Waals surface area contributed by atoms with Gasteiger partial charge < -0.3 is 5.11 Å². The molecular formula is C13H19NO4S2. The van der Waals surface area contributed by atoms with Gasteiger partial charge in [0.05, 0.1) is 10.5 Å². The maximum absolute atomic E-state index is 12.3. The van der Waals surface area contributed by atoms with E-state index >= 15 is 0 Å². The summed E-state index contributed by atoms with van der Waals surface area (Å²) in [6.45, 7) is 5.77. The Labute approximate surface area is 123 Å². The van der Waals surface area contributed by atoms with E-state index in [9.17, 15) is 13.2 Å². The van der Waals surface area contributed by atoms with E-state index < -0.39 is 16.0 Å². The van der Waals surface area contributed by atoms with Crippen LogP contribution in [0.4, 0.5) is 0 Å². The number of carboxylic acid groups (broad SMARTS) is 1. The van der Waals surface area contributed by atoms with E-state index in [2.05, 4.69) is 4.72 Å². The van der Waals surface area contributed by atoms with Crippen LogP contribution in [0.1, 0.15) is 29.8 Å². The van der Waals surface area contributed by atoms with Crippen molar-refractivity contribution in [1.29, 1.82) is 0 Å². The first kappa shape index (κ1) is 17.0. The standard InChI is InChI=1S/C13H19NO4S2/c1-9-5-6-10(12(15)16)7-11(9)20(17,18)14-8-13(2,3)19-4/h5-7,14H,8H2,1-4H3,(H,15,16). The van der Waals surface area contributed by atoms with Crippen LogP contribution in [0.5, 0.6) is 0 Å². The van der Waals surface area contributed by atoms with Gasteiger partial charge in [-0.15, -0.1) is 0 Å². The van der Waals surface area contributed by atoms with E-state index in [0.717, 1.165) is 0 Å². The smallest absolute Gasteiger partial charge is 0.335 e. The first-order chi connectivity index (χ1) is 9.09. The molecule has 0 aliphatic heterocycles. The fourth-order valence-corrected chi connectivity index (χ4v) is 3.23. The summed E-state index contributed by atoms with van der Waals surface area (Å²) in [5.74, 6) is -1.15. The Morgan fingerprint density at radius 2 is 2.00 bits per heavy atom. The molecule has 112 valence electrons. The van der Waals surface area contributed by atoms with Crippen molar-refractivity contribution < 1.29 is 18.3 Å². The largest absolute Gasteiger partial charge is 0.478 e. The number of thioether (sulfide) groups is 1. The summed E-state index contributed by atoms with van der Waals surface area (Å²) in [7, 11) is -3.72. The highest BCUT2D eigenvalue weighted by atomic mass is 32.2. The van der Waals surface area contributed by atoms with E-state index in [1.807, 2.05) is 20.1 Å². The lowest BCUT2D eigenvalue weighted by atomic mass is 10.1. The van der Waals surface area contributed by atoms with Gasteiger partial charge >= 0.3 is 5.97 Å². The molecule has 0 bridgehead atoms. The monoisotopic (exact) mass is 317 g/mol. The number of rotatable bonds is 6. The zero-order chi connectivity index (χ0) is 15.6. The molecule has 1 rings (SSSR count). The minimum atomic E-state index is -3.72. The lowest BCUT2D eigenvalue weighted by Crippen LogP contribution is -2.36. The molecule has 0 fully saturated rings. The molecule has 0 aromatic heterocycles. The van der Waals surface area contributed by atoms with Crippen molar-refractivity contribution >= 4 is 27.8 Å². The van der Waals surface area contributed by atoms with Crippen LogP contribution in [-0.2, 0) is 10.0 Å². The Kier molecular flexibility index (Phi) is 5.23. The summed E-state index contributed by atoms with van der Waals surface area (Å²) in [5.41, 5.74) is 0.476. The molecule has 1 aromatic carbocycles. The molecular weight excluding hydrogens is 298 g/mol. The second-order valence-electron chi connectivity index (χ2n) is 5.07. The number of nitrogens with one attached hydrogen (secondary N) is 1. The van der Waals surface area contributed by atoms with Crippen molar-refractivity contribution in [3.8, 4) is 0 Å². The Morgan fingerprint density at radius 1 is 1.40 bits per heavy atom. The normalized spacial score (nSPS) is 12.4. The molecule has 0 amide bonds. The number of benzene rings is 1. The fraction of sp³-hybridized carbons (Fsp3) is 0.462. The predicted molar refractivity (Wildman–Crippen MR) is 80.9 cm³/mol. The van der Waals surface area contributed by atoms with E-state index in [1.54, 1.807) is 18.7 Å². The molecule has 20 heavy (non-hydrogen) atoms. The summed E-state index contributed by atoms with van der Waals surface area (Å²) >= 11 is 1.55. The van der Waals surface area contributed by atoms with Crippen LogP contribution in [0.25, 0.3) is 0 Å². The van der Waals surface area contributed by atoms with Gasteiger partial charge in [0.1, 0.15) is 0 Å². The third kappa shape index (κ3) is 4.22. The summed E-state index contributed by atoms with van der Waals surface area (Å²) in [4.78, 5) is 10.9. The lowest BCUT2D eigenvalue weighted by Gasteiger charge is -2.22. The quantitative estimate of drug-likeness (QED) is 0.839. The SMILES string of the molecule is CSC(C)(C)CNS(=O)(=O)c1cc(C(=O)O)ccc1C. The topological polar surface area (TPSA) is 83.5 Å². The number of hydrogen-bond acceptors (Lipinski definition) is 4. The van der Waals surface area contributed by atoms with Gasteiger partial charge in [-0.25, -0.2) is 17.9 Å². The predicted octanol–water partition coefficient (Wildman–Crippen LogP) is 2.11. The third-order valence-electron chi connectivity index (χ3n) is 2.97. The van der Waals surface area contributed by atoms with Gasteiger partial charge in [0.25, 0.3) is 0 Å². The van der Waals surface area contributed by atoms with Gasteiger partial charge in [-0.2, -0.15) is 11.8 Å². The van der Waals surface area contributed by atoms with Crippen LogP contribution in [-0.4, -0.2) is 37.0 Å². The van der Waals surface area contributed by atoms with Gasteiger partial charge in [-0.3, -0.25) is 0 Å². The van der Waals surface area contributed by atoms with Crippen LogP contribution in [0.3, 0.4) is 0 Å². The van der Waals surface area contributed by atoms with Gasteiger partial charge in [-0.05, 0) is 44.7 Å². The minimum Gasteiger partial charge on any atom is -0.478 e. The third-order valence-corrected chi connectivity index (χ3v) is 5.76. The highest BCUT2D eigenvalue weighted by Gasteiger charge is 2.23. The van der Waals surface area contributed by atoms with Crippen molar-refractivity contribution in [2.75, 3.05) is 12.8 Å². The fourth-order valence-electron chi connectivity index (χ4n) is 1.44. The molecule has 0 spiro atoms. The van der Waals surface area contributed by atoms with Crippen LogP contribution < -0.4 is 4.72 Å². The molecule has 0 aliphatic rings. The lowest BCUT2D eigenvalue weighted by molar-refractivity contribution is 0.0696. The van der Waals surface area contributed by atoms with Gasteiger partial charge in [0.15, 0.2) is 0 Å². The van der Waals surface area contributed by atoms with Gasteiger partial charge in [0.2, 0.25) is 10.0 Å². The molecule has 0 heterocycles. The molecule has 0 radical (unpaired) electrons. The van der Waals surface area contributed by atoms with Crippen molar-refractivity contribution in [3.05, 3.63) is 29.3 Å². The number of carboxylic acids is 1. The molecule has 2 N–H and O–H groups in total. The van der Waals surface area contributed by atoms with Crippen molar-refractivity contribution in [2.45, 2.75) is 30.4 Å². The summed E-state index contributed by atoms with van der Waals surface area (Å²) < 4.78 is 26.9. The Balaban J connectivity index is 3.09. The van der Waals surface area contributed by atoms with Gasteiger partial charge in [0, 0.05) is 11.3 Å². The molecule has 1 aromatic rings. The molecule has 0 saturated carbocycles. The number of aryl methyl sites for hydroxylation is 1. The van der Waals surface area contributed by atoms with Crippen molar-refractivity contribution in [3.63, 3.8) is 0 Å². The maximum Gasteiger partial charge on any atom is 0.335 e. The summed E-state index contributed by atoms with van der Waals surface area (Å²) in [5, 5.41) is 8.94. The van der Waals surface area contributed by atoms with E-state index in [0.29, 0.717) is 5.56 Å². The molecule has 0 atom stereocenters. The van der Waals surface area contributed by atoms with Crippen molar-refractivity contribution in [2.24, 2.45) is 0 Å². The maximum atomic E-state index is 12.3. The molecule has 0 aliphatic carbocycles. The highest BCUT2D eigenvalue weighted by molar-refractivity contribution is 8.00. The van der Waals surface area contributed by atoms with E-state index in [4.69, 9.17) is 5.11 Å². The van der Waals surface area contributed by atoms with Crippen LogP contribution in [0, 0.1) is 6.92 Å². The number of sulfonamides is 1. The molecule has 5 nitrogen and oxygen atoms in total. The zero-order valence-corrected chi connectivity index (χ0v) is 13.6. The van der Waals surface area contributed by atoms with Crippen LogP contribution >= 0.6 is 11.8 Å². The average Bonchev–Trinajstić information content (AvgIpc) is 2.37. The second-order valence-corrected chi connectivity index (χ2v) is 8.32. The Hall–Kier alpha value is -1.05. The number of aromatic carboxylic acids is 1. The van der Waals surface area contributed by atoms with Crippen molar-refractivity contribution in [1.82, 2.24) is 4.72 Å². The number of carbonyl (C=O) groups is 1. The second kappa shape index (κ2) is 6.15. The molecule has 0 unspecified atom stereocenters. The number of hydrogen-bond donors (Lipinski definition) is 2. The summed E-state index contributed by atoms with van der Waals surface area (Å²) in [6, 6.07) is 4.08. The molecule has 0 saturated heterocycles. The van der Waals surface area contributed by atoms with Crippen LogP contribution in [0.15, 0.2) is 23.1 Å². The minimum absolute atomic E-state index is 0.00861.